The lowest BCUT2D eigenvalue weighted by Crippen LogP contribution is -1.94. The average Bonchev–Trinajstić information content (AvgIpc) is 2.95. The summed E-state index contributed by atoms with van der Waals surface area (Å²) in [5.74, 6) is -0.362. The minimum absolute atomic E-state index is 0.127. The lowest BCUT2D eigenvalue weighted by atomic mass is 10.6. The van der Waals surface area contributed by atoms with E-state index < -0.39 is 5.97 Å². The van der Waals surface area contributed by atoms with Crippen LogP contribution < -0.4 is 0 Å². The van der Waals surface area contributed by atoms with Crippen molar-refractivity contribution in [3.63, 3.8) is 0 Å². The molecular weight excluding hydrogens is 298 g/mol. The molecule has 9 heteroatoms. The van der Waals surface area contributed by atoms with Crippen molar-refractivity contribution in [2.24, 2.45) is 0 Å². The van der Waals surface area contributed by atoms with Gasteiger partial charge in [0.05, 0.1) is 5.69 Å². The van der Waals surface area contributed by atoms with Crippen LogP contribution in [0.15, 0.2) is 14.1 Å². The third-order valence-corrected chi connectivity index (χ3v) is 5.59. The Labute approximate surface area is 114 Å². The van der Waals surface area contributed by atoms with E-state index in [1.54, 1.807) is 17.1 Å². The normalized spacial score (nSPS) is 10.6. The van der Waals surface area contributed by atoms with Gasteiger partial charge in [-0.3, -0.25) is 0 Å². The van der Waals surface area contributed by atoms with Crippen molar-refractivity contribution in [3.8, 4) is 0 Å². The predicted molar refractivity (Wildman–Crippen MR) is 70.3 cm³/mol. The highest BCUT2D eigenvalue weighted by molar-refractivity contribution is 8.02. The van der Waals surface area contributed by atoms with Crippen LogP contribution in [0.3, 0.4) is 0 Å². The van der Waals surface area contributed by atoms with Crippen LogP contribution in [-0.4, -0.2) is 32.5 Å². The molecule has 2 aromatic heterocycles. The Bertz CT molecular complexity index is 524. The van der Waals surface area contributed by atoms with Gasteiger partial charge in [0.25, 0.3) is 0 Å². The van der Waals surface area contributed by atoms with Crippen LogP contribution in [0, 0.1) is 0 Å². The van der Waals surface area contributed by atoms with Crippen molar-refractivity contribution in [3.05, 3.63) is 16.1 Å². The summed E-state index contributed by atoms with van der Waals surface area (Å²) in [7, 11) is 0. The van der Waals surface area contributed by atoms with E-state index in [0.29, 0.717) is 5.75 Å². The zero-order valence-corrected chi connectivity index (χ0v) is 11.9. The first kappa shape index (κ1) is 12.8. The molecule has 0 saturated carbocycles. The molecule has 17 heavy (non-hydrogen) atoms. The zero-order valence-electron chi connectivity index (χ0n) is 8.61. The number of aromatic nitrogens is 3. The van der Waals surface area contributed by atoms with Crippen molar-refractivity contribution in [2.75, 3.05) is 6.26 Å². The molecule has 0 aliphatic carbocycles. The van der Waals surface area contributed by atoms with Crippen molar-refractivity contribution >= 4 is 52.2 Å². The number of rotatable bonds is 5. The Kier molecular flexibility index (Phi) is 4.37. The fourth-order valence-electron chi connectivity index (χ4n) is 0.945. The molecule has 0 aliphatic rings. The highest BCUT2D eigenvalue weighted by Crippen LogP contribution is 2.29. The van der Waals surface area contributed by atoms with Crippen molar-refractivity contribution < 1.29 is 9.90 Å². The van der Waals surface area contributed by atoms with Gasteiger partial charge in [-0.2, -0.15) is 0 Å². The number of hydrogen-bond acceptors (Lipinski definition) is 8. The molecule has 5 nitrogen and oxygen atoms in total. The topological polar surface area (TPSA) is 76.0 Å². The first-order valence-corrected chi connectivity index (χ1v) is 8.27. The molecule has 0 aromatic carbocycles. The van der Waals surface area contributed by atoms with Crippen LogP contribution in [-0.2, 0) is 5.75 Å². The first-order valence-electron chi connectivity index (χ1n) is 4.37. The molecule has 0 fully saturated rings. The zero-order chi connectivity index (χ0) is 12.3. The summed E-state index contributed by atoms with van der Waals surface area (Å²) in [4.78, 5) is 14.6. The highest BCUT2D eigenvalue weighted by Gasteiger charge is 2.10. The maximum absolute atomic E-state index is 10.6. The Balaban J connectivity index is 1.94. The molecule has 1 N–H and O–H groups in total. The molecule has 0 radical (unpaired) electrons. The molecule has 0 saturated heterocycles. The Morgan fingerprint density at radius 1 is 1.47 bits per heavy atom. The second-order valence-electron chi connectivity index (χ2n) is 2.78. The smallest absolute Gasteiger partial charge is 0.365 e. The molecule has 0 amide bonds. The second kappa shape index (κ2) is 5.80. The van der Waals surface area contributed by atoms with Gasteiger partial charge < -0.3 is 5.11 Å². The van der Waals surface area contributed by atoms with Crippen LogP contribution in [0.2, 0.25) is 0 Å². The Morgan fingerprint density at radius 3 is 2.82 bits per heavy atom. The Hall–Kier alpha value is -0.640. The monoisotopic (exact) mass is 305 g/mol. The van der Waals surface area contributed by atoms with Gasteiger partial charge in [0.15, 0.2) is 8.68 Å². The predicted octanol–water partition coefficient (Wildman–Crippen LogP) is 2.71. The summed E-state index contributed by atoms with van der Waals surface area (Å²) in [5.41, 5.74) is 0.762. The maximum atomic E-state index is 10.6. The van der Waals surface area contributed by atoms with Gasteiger partial charge in [-0.05, 0) is 6.26 Å². The summed E-state index contributed by atoms with van der Waals surface area (Å²) in [6.45, 7) is 0. The van der Waals surface area contributed by atoms with Gasteiger partial charge in [0.2, 0.25) is 5.01 Å². The van der Waals surface area contributed by atoms with E-state index in [1.807, 2.05) is 6.26 Å². The molecule has 2 heterocycles. The molecule has 0 bridgehead atoms. The average molecular weight is 305 g/mol. The number of carboxylic acid groups (broad SMARTS) is 1. The third kappa shape index (κ3) is 3.41. The number of aromatic carboxylic acids is 1. The molecule has 0 unspecified atom stereocenters. The first-order chi connectivity index (χ1) is 8.19. The summed E-state index contributed by atoms with van der Waals surface area (Å²) in [6, 6.07) is 0. The Morgan fingerprint density at radius 2 is 2.24 bits per heavy atom. The van der Waals surface area contributed by atoms with Crippen molar-refractivity contribution in [2.45, 2.75) is 14.4 Å². The molecule has 0 aliphatic heterocycles. The molecule has 2 aromatic rings. The molecule has 0 atom stereocenters. The lowest BCUT2D eigenvalue weighted by molar-refractivity contribution is 0.0696. The SMILES string of the molecule is CSc1nnc(SCc2csc(C(=O)O)n2)s1. The minimum Gasteiger partial charge on any atom is -0.476 e. The van der Waals surface area contributed by atoms with E-state index >= 15 is 0 Å². The van der Waals surface area contributed by atoms with Crippen LogP contribution in [0.5, 0.6) is 0 Å². The van der Waals surface area contributed by atoms with E-state index in [4.69, 9.17) is 5.11 Å². The van der Waals surface area contributed by atoms with Gasteiger partial charge in [0.1, 0.15) is 0 Å². The number of nitrogens with zero attached hydrogens (tertiary/aromatic N) is 3. The van der Waals surface area contributed by atoms with Crippen LogP contribution >= 0.6 is 46.2 Å². The van der Waals surface area contributed by atoms with Gasteiger partial charge in [0, 0.05) is 11.1 Å². The highest BCUT2D eigenvalue weighted by atomic mass is 32.2. The summed E-state index contributed by atoms with van der Waals surface area (Å²) in [6.07, 6.45) is 1.95. The largest absolute Gasteiger partial charge is 0.476 e. The van der Waals surface area contributed by atoms with Crippen LogP contribution in [0.1, 0.15) is 15.5 Å². The fourth-order valence-corrected chi connectivity index (χ4v) is 4.04. The molecule has 90 valence electrons. The number of thiazole rings is 1. The van der Waals surface area contributed by atoms with E-state index in [1.165, 1.54) is 23.1 Å². The number of hydrogen-bond donors (Lipinski definition) is 1. The van der Waals surface area contributed by atoms with E-state index in [-0.39, 0.29) is 5.01 Å². The third-order valence-electron chi connectivity index (χ3n) is 1.64. The fraction of sp³-hybridized carbons (Fsp3) is 0.250. The number of carbonyl (C=O) groups is 1. The van der Waals surface area contributed by atoms with E-state index in [9.17, 15) is 4.79 Å². The van der Waals surface area contributed by atoms with E-state index in [2.05, 4.69) is 15.2 Å². The van der Waals surface area contributed by atoms with Crippen molar-refractivity contribution in [1.82, 2.24) is 15.2 Å². The lowest BCUT2D eigenvalue weighted by Gasteiger charge is -1.91. The molecule has 0 spiro atoms. The number of carboxylic acids is 1. The standard InChI is InChI=1S/C8H7N3O2S4/c1-14-7-10-11-8(17-7)16-3-4-2-15-5(9-4)6(12)13/h2H,3H2,1H3,(H,12,13). The van der Waals surface area contributed by atoms with E-state index in [0.717, 1.165) is 25.7 Å². The van der Waals surface area contributed by atoms with Gasteiger partial charge in [-0.15, -0.1) is 21.5 Å². The summed E-state index contributed by atoms with van der Waals surface area (Å²) >= 11 is 5.75. The quantitative estimate of drug-likeness (QED) is 0.851. The van der Waals surface area contributed by atoms with Gasteiger partial charge >= 0.3 is 5.97 Å². The molecule has 2 rings (SSSR count). The second-order valence-corrected chi connectivity index (χ2v) is 6.89. The molecular formula is C8H7N3O2S4. The summed E-state index contributed by atoms with van der Waals surface area (Å²) in [5, 5.41) is 18.6. The van der Waals surface area contributed by atoms with Gasteiger partial charge in [-0.25, -0.2) is 9.78 Å². The minimum atomic E-state index is -0.980. The summed E-state index contributed by atoms with van der Waals surface area (Å²) < 4.78 is 1.80. The number of thioether (sulfide) groups is 2. The van der Waals surface area contributed by atoms with Crippen molar-refractivity contribution in [1.29, 1.82) is 0 Å². The maximum Gasteiger partial charge on any atom is 0.365 e. The van der Waals surface area contributed by atoms with Crippen LogP contribution in [0.25, 0.3) is 0 Å². The van der Waals surface area contributed by atoms with Gasteiger partial charge in [-0.1, -0.05) is 34.9 Å². The van der Waals surface area contributed by atoms with Crippen LogP contribution in [0.4, 0.5) is 0 Å².